The van der Waals surface area contributed by atoms with E-state index in [1.165, 1.54) is 5.56 Å². The summed E-state index contributed by atoms with van der Waals surface area (Å²) in [4.78, 5) is 14.9. The van der Waals surface area contributed by atoms with Crippen molar-refractivity contribution in [3.63, 3.8) is 0 Å². The Bertz CT molecular complexity index is 925. The number of likely N-dealkylation sites (tertiary alicyclic amines) is 1. The van der Waals surface area contributed by atoms with Crippen LogP contribution in [-0.4, -0.2) is 44.7 Å². The molecule has 7 nitrogen and oxygen atoms in total. The third-order valence-electron chi connectivity index (χ3n) is 5.24. The van der Waals surface area contributed by atoms with Gasteiger partial charge in [-0.25, -0.2) is 4.68 Å². The summed E-state index contributed by atoms with van der Waals surface area (Å²) in [6, 6.07) is 12.5. The van der Waals surface area contributed by atoms with Crippen molar-refractivity contribution in [2.45, 2.75) is 38.3 Å². The van der Waals surface area contributed by atoms with Gasteiger partial charge in [0.25, 0.3) is 0 Å². The molecule has 0 spiro atoms. The van der Waals surface area contributed by atoms with Crippen LogP contribution in [0.4, 0.5) is 0 Å². The molecule has 1 fully saturated rings. The van der Waals surface area contributed by atoms with Crippen molar-refractivity contribution < 1.29 is 9.53 Å². The number of aryl methyl sites for hydroxylation is 1. The molecule has 4 rings (SSSR count). The molecule has 2 heterocycles. The van der Waals surface area contributed by atoms with Crippen LogP contribution in [0.15, 0.2) is 42.7 Å². The van der Waals surface area contributed by atoms with Gasteiger partial charge in [0.2, 0.25) is 5.91 Å². The van der Waals surface area contributed by atoms with Gasteiger partial charge >= 0.3 is 0 Å². The van der Waals surface area contributed by atoms with Crippen molar-refractivity contribution in [3.05, 3.63) is 48.3 Å². The van der Waals surface area contributed by atoms with Gasteiger partial charge in [0.1, 0.15) is 12.1 Å². The molecule has 27 heavy (non-hydrogen) atoms. The summed E-state index contributed by atoms with van der Waals surface area (Å²) in [5.41, 5.74) is 1.21. The quantitative estimate of drug-likeness (QED) is 0.671. The van der Waals surface area contributed by atoms with Crippen molar-refractivity contribution in [2.75, 3.05) is 13.7 Å². The second-order valence-electron chi connectivity index (χ2n) is 6.82. The zero-order valence-electron chi connectivity index (χ0n) is 15.4. The SMILES string of the molecule is COc1ccc([C@@H]2CCCN2C(=O)CCCn2cnnn2)c2ccccc12. The van der Waals surface area contributed by atoms with Crippen LogP contribution < -0.4 is 4.74 Å². The molecule has 0 bridgehead atoms. The van der Waals surface area contributed by atoms with Crippen molar-refractivity contribution >= 4 is 16.7 Å². The molecule has 0 saturated carbocycles. The van der Waals surface area contributed by atoms with Crippen molar-refractivity contribution in [3.8, 4) is 5.75 Å². The lowest BCUT2D eigenvalue weighted by Gasteiger charge is -2.26. The molecule has 1 aromatic heterocycles. The van der Waals surface area contributed by atoms with Crippen molar-refractivity contribution in [1.82, 2.24) is 25.1 Å². The number of fused-ring (bicyclic) bond motifs is 1. The Labute approximate surface area is 157 Å². The first-order valence-corrected chi connectivity index (χ1v) is 9.34. The summed E-state index contributed by atoms with van der Waals surface area (Å²) in [6.07, 6.45) is 4.84. The maximum Gasteiger partial charge on any atom is 0.223 e. The fourth-order valence-corrected chi connectivity index (χ4v) is 3.97. The number of benzene rings is 2. The number of tetrazole rings is 1. The van der Waals surface area contributed by atoms with E-state index in [0.717, 1.165) is 42.3 Å². The minimum absolute atomic E-state index is 0.126. The van der Waals surface area contributed by atoms with Crippen LogP contribution in [-0.2, 0) is 11.3 Å². The normalized spacial score (nSPS) is 16.8. The summed E-state index contributed by atoms with van der Waals surface area (Å²) in [7, 11) is 1.69. The number of methoxy groups -OCH3 is 1. The first-order chi connectivity index (χ1) is 13.3. The minimum Gasteiger partial charge on any atom is -0.496 e. The highest BCUT2D eigenvalue weighted by Crippen LogP contribution is 2.39. The smallest absolute Gasteiger partial charge is 0.223 e. The molecular weight excluding hydrogens is 342 g/mol. The first kappa shape index (κ1) is 17.5. The van der Waals surface area contributed by atoms with Crippen LogP contribution in [0.25, 0.3) is 10.8 Å². The summed E-state index contributed by atoms with van der Waals surface area (Å²) in [5.74, 6) is 1.07. The Balaban J connectivity index is 1.53. The van der Waals surface area contributed by atoms with Crippen LogP contribution in [0.1, 0.15) is 37.3 Å². The average Bonchev–Trinajstić information content (AvgIpc) is 3.39. The fourth-order valence-electron chi connectivity index (χ4n) is 3.97. The van der Waals surface area contributed by atoms with Gasteiger partial charge in [-0.05, 0) is 46.7 Å². The molecule has 0 radical (unpaired) electrons. The van der Waals surface area contributed by atoms with E-state index in [1.54, 1.807) is 18.1 Å². The van der Waals surface area contributed by atoms with E-state index in [9.17, 15) is 4.79 Å². The molecule has 1 saturated heterocycles. The van der Waals surface area contributed by atoms with Crippen LogP contribution >= 0.6 is 0 Å². The van der Waals surface area contributed by atoms with E-state index < -0.39 is 0 Å². The Kier molecular flexibility index (Phi) is 5.00. The van der Waals surface area contributed by atoms with Crippen LogP contribution in [0.5, 0.6) is 5.75 Å². The number of hydrogen-bond acceptors (Lipinski definition) is 5. The number of rotatable bonds is 6. The predicted octanol–water partition coefficient (Wildman–Crippen LogP) is 2.98. The van der Waals surface area contributed by atoms with Crippen LogP contribution in [0.3, 0.4) is 0 Å². The standard InChI is InChI=1S/C20H23N5O2/c1-27-19-11-10-16(15-6-2-3-7-17(15)19)18-8-4-13-25(18)20(26)9-5-12-24-14-21-22-23-24/h2-3,6-7,10-11,14,18H,4-5,8-9,12-13H2,1H3/t18-/m0/s1. The van der Waals surface area contributed by atoms with Crippen LogP contribution in [0, 0.1) is 0 Å². The number of nitrogens with zero attached hydrogens (tertiary/aromatic N) is 5. The van der Waals surface area contributed by atoms with Gasteiger partial charge in [0.05, 0.1) is 13.2 Å². The number of hydrogen-bond donors (Lipinski definition) is 0. The monoisotopic (exact) mass is 365 g/mol. The molecule has 3 aromatic rings. The van der Waals surface area contributed by atoms with Gasteiger partial charge in [-0.15, -0.1) is 5.10 Å². The third-order valence-corrected chi connectivity index (χ3v) is 5.24. The molecule has 1 atom stereocenters. The zero-order chi connectivity index (χ0) is 18.6. The second kappa shape index (κ2) is 7.73. The largest absolute Gasteiger partial charge is 0.496 e. The van der Waals surface area contributed by atoms with E-state index in [-0.39, 0.29) is 11.9 Å². The third kappa shape index (κ3) is 3.49. The van der Waals surface area contributed by atoms with Gasteiger partial charge < -0.3 is 9.64 Å². The average molecular weight is 365 g/mol. The number of aromatic nitrogens is 4. The lowest BCUT2D eigenvalue weighted by atomic mass is 9.96. The van der Waals surface area contributed by atoms with E-state index in [0.29, 0.717) is 13.0 Å². The van der Waals surface area contributed by atoms with Gasteiger partial charge in [0.15, 0.2) is 0 Å². The molecule has 7 heteroatoms. The maximum absolute atomic E-state index is 12.9. The molecule has 1 amide bonds. The molecule has 0 unspecified atom stereocenters. The Morgan fingerprint density at radius 2 is 2.07 bits per heavy atom. The van der Waals surface area contributed by atoms with Crippen molar-refractivity contribution in [1.29, 1.82) is 0 Å². The van der Waals surface area contributed by atoms with E-state index in [2.05, 4.69) is 33.7 Å². The summed E-state index contributed by atoms with van der Waals surface area (Å²) >= 11 is 0. The minimum atomic E-state index is 0.126. The van der Waals surface area contributed by atoms with Crippen LogP contribution in [0.2, 0.25) is 0 Å². The van der Waals surface area contributed by atoms with Gasteiger partial charge in [-0.3, -0.25) is 4.79 Å². The molecule has 0 N–H and O–H groups in total. The van der Waals surface area contributed by atoms with Gasteiger partial charge in [-0.1, -0.05) is 30.3 Å². The van der Waals surface area contributed by atoms with Crippen molar-refractivity contribution in [2.24, 2.45) is 0 Å². The Hall–Kier alpha value is -2.96. The second-order valence-corrected chi connectivity index (χ2v) is 6.82. The molecule has 140 valence electrons. The zero-order valence-corrected chi connectivity index (χ0v) is 15.4. The van der Waals surface area contributed by atoms with Gasteiger partial charge in [0, 0.05) is 24.9 Å². The molecular formula is C20H23N5O2. The summed E-state index contributed by atoms with van der Waals surface area (Å²) < 4.78 is 7.17. The van der Waals surface area contributed by atoms with E-state index >= 15 is 0 Å². The highest BCUT2D eigenvalue weighted by Gasteiger charge is 2.30. The Morgan fingerprint density at radius 3 is 2.85 bits per heavy atom. The number of carbonyl (C=O) groups is 1. The van der Waals surface area contributed by atoms with E-state index in [1.807, 2.05) is 23.1 Å². The Morgan fingerprint density at radius 1 is 1.22 bits per heavy atom. The topological polar surface area (TPSA) is 73.1 Å². The highest BCUT2D eigenvalue weighted by atomic mass is 16.5. The first-order valence-electron chi connectivity index (χ1n) is 9.34. The predicted molar refractivity (Wildman–Crippen MR) is 101 cm³/mol. The lowest BCUT2D eigenvalue weighted by Crippen LogP contribution is -2.30. The number of amides is 1. The lowest BCUT2D eigenvalue weighted by molar-refractivity contribution is -0.132. The van der Waals surface area contributed by atoms with Gasteiger partial charge in [-0.2, -0.15) is 0 Å². The fraction of sp³-hybridized carbons (Fsp3) is 0.400. The number of carbonyl (C=O) groups excluding carboxylic acids is 1. The van der Waals surface area contributed by atoms with E-state index in [4.69, 9.17) is 4.74 Å². The number of ether oxygens (including phenoxy) is 1. The molecule has 0 aliphatic carbocycles. The molecule has 1 aliphatic rings. The molecule has 1 aliphatic heterocycles. The highest BCUT2D eigenvalue weighted by molar-refractivity contribution is 5.92. The maximum atomic E-state index is 12.9. The summed E-state index contributed by atoms with van der Waals surface area (Å²) in [5, 5.41) is 13.3. The summed E-state index contributed by atoms with van der Waals surface area (Å²) in [6.45, 7) is 1.47. The molecule has 2 aromatic carbocycles.